The maximum Gasteiger partial charge on any atom is 0.461 e. The Morgan fingerprint density at radius 2 is 1.71 bits per heavy atom. The van der Waals surface area contributed by atoms with Crippen molar-refractivity contribution >= 4 is 29.0 Å². The van der Waals surface area contributed by atoms with Crippen molar-refractivity contribution in [3.63, 3.8) is 0 Å². The molecule has 0 saturated carbocycles. The van der Waals surface area contributed by atoms with Gasteiger partial charge in [-0.25, -0.2) is 0 Å². The first kappa shape index (κ1) is 23.8. The van der Waals surface area contributed by atoms with Crippen LogP contribution in [0, 0.1) is 5.92 Å². The first-order valence-corrected chi connectivity index (χ1v) is 12.7. The van der Waals surface area contributed by atoms with Gasteiger partial charge in [0.2, 0.25) is 0 Å². The molecule has 2 atom stereocenters. The van der Waals surface area contributed by atoms with Gasteiger partial charge in [-0.3, -0.25) is 0 Å². The van der Waals surface area contributed by atoms with Crippen LogP contribution in [0.15, 0.2) is 84.9 Å². The molecule has 2 heterocycles. The lowest BCUT2D eigenvalue weighted by Gasteiger charge is -2.30. The SMILES string of the molecule is OC1c2ccc(-c3ccccc3NSC(F)(F)F)cc2OCC1Cc1ccc(-c2ccccc2)s1. The lowest BCUT2D eigenvalue weighted by atomic mass is 9.89. The molecule has 1 aliphatic rings. The second kappa shape index (κ2) is 9.97. The zero-order chi connectivity index (χ0) is 24.4. The molecule has 0 fully saturated rings. The molecule has 1 aromatic heterocycles. The molecule has 2 N–H and O–H groups in total. The Balaban J connectivity index is 1.32. The van der Waals surface area contributed by atoms with Crippen LogP contribution in [0.5, 0.6) is 5.75 Å². The Morgan fingerprint density at radius 3 is 2.51 bits per heavy atom. The molecular formula is C27H22F3NO2S2. The second-order valence-corrected chi connectivity index (χ2v) is 10.3. The molecular weight excluding hydrogens is 491 g/mol. The highest BCUT2D eigenvalue weighted by atomic mass is 32.2. The average molecular weight is 514 g/mol. The molecule has 0 bridgehead atoms. The van der Waals surface area contributed by atoms with Crippen molar-refractivity contribution in [3.05, 3.63) is 95.4 Å². The summed E-state index contributed by atoms with van der Waals surface area (Å²) in [6.07, 6.45) is 0.00518. The molecule has 180 valence electrons. The number of anilines is 1. The van der Waals surface area contributed by atoms with E-state index in [9.17, 15) is 18.3 Å². The number of aliphatic hydroxyl groups is 1. The fourth-order valence-electron chi connectivity index (χ4n) is 4.22. The van der Waals surface area contributed by atoms with Gasteiger partial charge < -0.3 is 14.6 Å². The van der Waals surface area contributed by atoms with Crippen molar-refractivity contribution in [2.75, 3.05) is 11.3 Å². The van der Waals surface area contributed by atoms with Gasteiger partial charge in [-0.15, -0.1) is 11.3 Å². The van der Waals surface area contributed by atoms with Gasteiger partial charge in [0.25, 0.3) is 0 Å². The van der Waals surface area contributed by atoms with E-state index in [0.717, 1.165) is 0 Å². The number of rotatable bonds is 6. The summed E-state index contributed by atoms with van der Waals surface area (Å²) in [5.74, 6) is 0.466. The van der Waals surface area contributed by atoms with Gasteiger partial charge in [0.1, 0.15) is 5.75 Å². The number of benzene rings is 3. The summed E-state index contributed by atoms with van der Waals surface area (Å²) in [7, 11) is 0. The van der Waals surface area contributed by atoms with Crippen LogP contribution in [-0.2, 0) is 6.42 Å². The maximum absolute atomic E-state index is 12.7. The first-order chi connectivity index (χ1) is 16.9. The molecule has 4 aromatic rings. The number of fused-ring (bicyclic) bond motifs is 1. The van der Waals surface area contributed by atoms with E-state index in [1.54, 1.807) is 47.7 Å². The Kier molecular flexibility index (Phi) is 6.77. The smallest absolute Gasteiger partial charge is 0.461 e. The topological polar surface area (TPSA) is 41.5 Å². The van der Waals surface area contributed by atoms with E-state index in [4.69, 9.17) is 4.74 Å². The monoisotopic (exact) mass is 513 g/mol. The van der Waals surface area contributed by atoms with Gasteiger partial charge in [-0.2, -0.15) is 13.2 Å². The highest BCUT2D eigenvalue weighted by Crippen LogP contribution is 2.42. The summed E-state index contributed by atoms with van der Waals surface area (Å²) in [6.45, 7) is 0.361. The summed E-state index contributed by atoms with van der Waals surface area (Å²) < 4.78 is 46.4. The number of alkyl halides is 3. The number of aliphatic hydroxyl groups excluding tert-OH is 1. The molecule has 0 amide bonds. The van der Waals surface area contributed by atoms with Crippen LogP contribution >= 0.6 is 23.3 Å². The minimum absolute atomic E-state index is 0.0900. The van der Waals surface area contributed by atoms with E-state index in [1.165, 1.54) is 15.3 Å². The second-order valence-electron chi connectivity index (χ2n) is 8.30. The van der Waals surface area contributed by atoms with E-state index in [1.807, 2.05) is 24.3 Å². The number of hydrogen-bond acceptors (Lipinski definition) is 5. The van der Waals surface area contributed by atoms with Crippen molar-refractivity contribution in [2.45, 2.75) is 18.0 Å². The predicted molar refractivity (Wildman–Crippen MR) is 137 cm³/mol. The molecule has 0 aliphatic carbocycles. The third-order valence-electron chi connectivity index (χ3n) is 5.93. The molecule has 0 spiro atoms. The van der Waals surface area contributed by atoms with Crippen LogP contribution < -0.4 is 9.46 Å². The lowest BCUT2D eigenvalue weighted by Crippen LogP contribution is -2.27. The van der Waals surface area contributed by atoms with E-state index in [0.29, 0.717) is 41.2 Å². The van der Waals surface area contributed by atoms with Crippen LogP contribution in [0.1, 0.15) is 16.5 Å². The van der Waals surface area contributed by atoms with Gasteiger partial charge >= 0.3 is 5.51 Å². The number of para-hydroxylation sites is 1. The van der Waals surface area contributed by atoms with E-state index in [-0.39, 0.29) is 17.9 Å². The van der Waals surface area contributed by atoms with Crippen molar-refractivity contribution in [1.29, 1.82) is 0 Å². The molecule has 8 heteroatoms. The molecule has 0 saturated heterocycles. The van der Waals surface area contributed by atoms with E-state index >= 15 is 0 Å². The molecule has 35 heavy (non-hydrogen) atoms. The largest absolute Gasteiger partial charge is 0.493 e. The Hall–Kier alpha value is -2.94. The first-order valence-electron chi connectivity index (χ1n) is 11.1. The third kappa shape index (κ3) is 5.50. The van der Waals surface area contributed by atoms with Gasteiger partial charge in [-0.1, -0.05) is 60.7 Å². The van der Waals surface area contributed by atoms with Crippen LogP contribution in [0.4, 0.5) is 18.9 Å². The van der Waals surface area contributed by atoms with Gasteiger partial charge in [0.05, 0.1) is 30.3 Å². The third-order valence-corrected chi connectivity index (χ3v) is 7.64. The average Bonchev–Trinajstić information content (AvgIpc) is 3.33. The zero-order valence-corrected chi connectivity index (χ0v) is 20.1. The molecule has 3 nitrogen and oxygen atoms in total. The minimum atomic E-state index is -4.39. The van der Waals surface area contributed by atoms with Crippen molar-refractivity contribution < 1.29 is 23.0 Å². The normalized spacial score (nSPS) is 17.5. The zero-order valence-electron chi connectivity index (χ0n) is 18.5. The fourth-order valence-corrected chi connectivity index (χ4v) is 5.73. The Labute approximate surface area is 209 Å². The Bertz CT molecular complexity index is 1310. The van der Waals surface area contributed by atoms with Crippen LogP contribution in [0.2, 0.25) is 0 Å². The van der Waals surface area contributed by atoms with E-state index < -0.39 is 11.6 Å². The summed E-state index contributed by atoms with van der Waals surface area (Å²) >= 11 is 1.42. The molecule has 2 unspecified atom stereocenters. The fraction of sp³-hybridized carbons (Fsp3) is 0.185. The molecule has 3 aromatic carbocycles. The van der Waals surface area contributed by atoms with Crippen LogP contribution in [0.3, 0.4) is 0 Å². The number of ether oxygens (including phenoxy) is 1. The maximum atomic E-state index is 12.7. The van der Waals surface area contributed by atoms with E-state index in [2.05, 4.69) is 29.0 Å². The van der Waals surface area contributed by atoms with Gasteiger partial charge in [0, 0.05) is 26.8 Å². The Morgan fingerprint density at radius 1 is 0.943 bits per heavy atom. The van der Waals surface area contributed by atoms with Crippen LogP contribution in [-0.4, -0.2) is 17.2 Å². The summed E-state index contributed by atoms with van der Waals surface area (Å²) in [5.41, 5.74) is -0.832. The molecule has 5 rings (SSSR count). The summed E-state index contributed by atoms with van der Waals surface area (Å²) in [5, 5.41) is 11.1. The number of thiophene rings is 1. The molecule has 0 radical (unpaired) electrons. The highest BCUT2D eigenvalue weighted by Gasteiger charge is 2.31. The van der Waals surface area contributed by atoms with Crippen LogP contribution in [0.25, 0.3) is 21.6 Å². The van der Waals surface area contributed by atoms with Crippen molar-refractivity contribution in [3.8, 4) is 27.3 Å². The number of halogens is 3. The highest BCUT2D eigenvalue weighted by molar-refractivity contribution is 8.01. The minimum Gasteiger partial charge on any atom is -0.493 e. The number of hydrogen-bond donors (Lipinski definition) is 2. The molecule has 1 aliphatic heterocycles. The quantitative estimate of drug-likeness (QED) is 0.257. The summed E-state index contributed by atoms with van der Waals surface area (Å²) in [6, 6.07) is 26.6. The standard InChI is InChI=1S/C27H22F3NO2S2/c28-27(29,30)35-31-23-9-5-4-8-21(23)18-10-12-22-24(15-18)33-16-19(26(22)32)14-20-11-13-25(34-20)17-6-2-1-3-7-17/h1-13,15,19,26,31-32H,14,16H2. The lowest BCUT2D eigenvalue weighted by molar-refractivity contribution is -0.0323. The van der Waals surface area contributed by atoms with Crippen molar-refractivity contribution in [1.82, 2.24) is 0 Å². The number of nitrogens with one attached hydrogen (secondary N) is 1. The predicted octanol–water partition coefficient (Wildman–Crippen LogP) is 7.95. The van der Waals surface area contributed by atoms with Gasteiger partial charge in [0.15, 0.2) is 0 Å². The van der Waals surface area contributed by atoms with Gasteiger partial charge in [-0.05, 0) is 41.8 Å². The van der Waals surface area contributed by atoms with Crippen molar-refractivity contribution in [2.24, 2.45) is 5.92 Å². The summed E-state index contributed by atoms with van der Waals surface area (Å²) in [4.78, 5) is 2.37.